The smallest absolute Gasteiger partial charge is 0.414 e. The molecule has 1 saturated heterocycles. The van der Waals surface area contributed by atoms with Crippen LogP contribution in [0.15, 0.2) is 53.4 Å². The molecule has 1 fully saturated rings. The van der Waals surface area contributed by atoms with Crippen molar-refractivity contribution in [3.05, 3.63) is 70.0 Å². The summed E-state index contributed by atoms with van der Waals surface area (Å²) in [5.74, 6) is -4.76. The predicted octanol–water partition coefficient (Wildman–Crippen LogP) is 1.04. The Hall–Kier alpha value is -3.91. The largest absolute Gasteiger partial charge is 0.473 e. The second-order valence-electron chi connectivity index (χ2n) is 6.54. The van der Waals surface area contributed by atoms with Crippen molar-refractivity contribution < 1.29 is 42.3 Å². The van der Waals surface area contributed by atoms with Crippen LogP contribution < -0.4 is 0 Å². The lowest BCUT2D eigenvalue weighted by Gasteiger charge is -2.34. The van der Waals surface area contributed by atoms with Crippen molar-refractivity contribution in [1.82, 2.24) is 9.21 Å². The molecule has 1 amide bonds. The quantitative estimate of drug-likeness (QED) is 0.365. The van der Waals surface area contributed by atoms with Gasteiger partial charge in [0, 0.05) is 38.3 Å². The Labute approximate surface area is 186 Å². The zero-order valence-electron chi connectivity index (χ0n) is 16.8. The molecule has 1 heterocycles. The molecule has 12 nitrogen and oxygen atoms in total. The van der Waals surface area contributed by atoms with Crippen molar-refractivity contribution in [2.24, 2.45) is 0 Å². The summed E-state index contributed by atoms with van der Waals surface area (Å²) in [6.07, 6.45) is 0. The highest BCUT2D eigenvalue weighted by Crippen LogP contribution is 2.21. The second kappa shape index (κ2) is 10.6. The average Bonchev–Trinajstić information content (AvgIpc) is 2.79. The van der Waals surface area contributed by atoms with Crippen LogP contribution in [-0.4, -0.2) is 76.8 Å². The van der Waals surface area contributed by atoms with Crippen LogP contribution in [0, 0.1) is 15.9 Å². The lowest BCUT2D eigenvalue weighted by molar-refractivity contribution is -0.384. The first-order valence-electron chi connectivity index (χ1n) is 9.19. The number of sulfonamides is 1. The first kappa shape index (κ1) is 25.4. The van der Waals surface area contributed by atoms with E-state index in [2.05, 4.69) is 0 Å². The van der Waals surface area contributed by atoms with Crippen molar-refractivity contribution >= 4 is 33.6 Å². The summed E-state index contributed by atoms with van der Waals surface area (Å²) in [6, 6.07) is 10.3. The van der Waals surface area contributed by atoms with Crippen LogP contribution in [0.4, 0.5) is 10.1 Å². The molecular weight excluding hydrogens is 465 g/mol. The number of amides is 1. The van der Waals surface area contributed by atoms with Crippen LogP contribution in [0.1, 0.15) is 10.4 Å². The molecule has 0 spiro atoms. The average molecular weight is 483 g/mol. The van der Waals surface area contributed by atoms with Crippen LogP contribution in [-0.2, 0) is 19.6 Å². The van der Waals surface area contributed by atoms with Crippen LogP contribution in [0.2, 0.25) is 0 Å². The molecule has 0 radical (unpaired) electrons. The summed E-state index contributed by atoms with van der Waals surface area (Å²) in [5, 5.41) is 25.5. The van der Waals surface area contributed by atoms with Crippen molar-refractivity contribution in [3.8, 4) is 0 Å². The minimum absolute atomic E-state index is 0.0517. The summed E-state index contributed by atoms with van der Waals surface area (Å²) < 4.78 is 40.3. The van der Waals surface area contributed by atoms with Gasteiger partial charge in [-0.2, -0.15) is 4.31 Å². The molecule has 0 saturated carbocycles. The zero-order valence-corrected chi connectivity index (χ0v) is 17.6. The number of non-ortho nitro benzene ring substituents is 1. The molecule has 0 atom stereocenters. The number of hydrogen-bond donors (Lipinski definition) is 2. The molecule has 0 aliphatic carbocycles. The lowest BCUT2D eigenvalue weighted by atomic mass is 10.1. The molecule has 3 rings (SSSR count). The van der Waals surface area contributed by atoms with Gasteiger partial charge in [-0.1, -0.05) is 12.1 Å². The number of benzene rings is 2. The van der Waals surface area contributed by atoms with E-state index in [1.54, 1.807) is 6.07 Å². The number of carbonyl (C=O) groups excluding carboxylic acids is 1. The summed E-state index contributed by atoms with van der Waals surface area (Å²) in [6.45, 7) is 0.359. The van der Waals surface area contributed by atoms with E-state index in [-0.39, 0.29) is 42.3 Å². The predicted molar refractivity (Wildman–Crippen MR) is 109 cm³/mol. The number of carbonyl (C=O) groups is 3. The van der Waals surface area contributed by atoms with Gasteiger partial charge in [-0.25, -0.2) is 22.4 Å². The highest BCUT2D eigenvalue weighted by molar-refractivity contribution is 7.89. The van der Waals surface area contributed by atoms with Gasteiger partial charge in [-0.15, -0.1) is 0 Å². The molecule has 2 N–H and O–H groups in total. The van der Waals surface area contributed by atoms with Crippen LogP contribution in [0.25, 0.3) is 0 Å². The molecule has 1 aliphatic heterocycles. The van der Waals surface area contributed by atoms with Crippen molar-refractivity contribution in [2.45, 2.75) is 4.90 Å². The summed E-state index contributed by atoms with van der Waals surface area (Å²) in [4.78, 5) is 42.0. The Morgan fingerprint density at radius 2 is 1.42 bits per heavy atom. The first-order chi connectivity index (χ1) is 15.4. The van der Waals surface area contributed by atoms with Gasteiger partial charge in [-0.3, -0.25) is 14.9 Å². The van der Waals surface area contributed by atoms with E-state index in [4.69, 9.17) is 19.8 Å². The standard InChI is InChI=1S/C17H16FN3O5S.C2H2O4/c18-16-4-2-1-3-15(16)17(22)19-9-11-20(12-10-19)27(25,26)14-7-5-13(6-8-14)21(23)24;3-1(4)2(5)6/h1-8H,9-12H2;(H,3,4)(H,5,6). The Kier molecular flexibility index (Phi) is 8.15. The number of nitro groups is 1. The number of rotatable bonds is 4. The topological polar surface area (TPSA) is 175 Å². The monoisotopic (exact) mass is 483 g/mol. The normalized spacial score (nSPS) is 14.0. The maximum atomic E-state index is 13.8. The van der Waals surface area contributed by atoms with Gasteiger partial charge >= 0.3 is 11.9 Å². The number of halogens is 1. The van der Waals surface area contributed by atoms with Crippen molar-refractivity contribution in [1.29, 1.82) is 0 Å². The van der Waals surface area contributed by atoms with Gasteiger partial charge in [0.25, 0.3) is 11.6 Å². The lowest BCUT2D eigenvalue weighted by Crippen LogP contribution is -2.50. The van der Waals surface area contributed by atoms with Crippen LogP contribution in [0.3, 0.4) is 0 Å². The van der Waals surface area contributed by atoms with E-state index in [1.807, 2.05) is 0 Å². The number of aliphatic carboxylic acids is 2. The van der Waals surface area contributed by atoms with Gasteiger partial charge in [0.1, 0.15) is 5.82 Å². The Balaban J connectivity index is 0.000000569. The second-order valence-corrected chi connectivity index (χ2v) is 8.48. The molecule has 14 heteroatoms. The van der Waals surface area contributed by atoms with Gasteiger partial charge in [0.15, 0.2) is 0 Å². The van der Waals surface area contributed by atoms with E-state index >= 15 is 0 Å². The molecule has 33 heavy (non-hydrogen) atoms. The molecular formula is C19H18FN3O9S. The van der Waals surface area contributed by atoms with Gasteiger partial charge in [0.2, 0.25) is 10.0 Å². The Morgan fingerprint density at radius 1 is 0.909 bits per heavy atom. The number of nitro benzene ring substituents is 1. The van der Waals surface area contributed by atoms with E-state index in [1.165, 1.54) is 39.5 Å². The SMILES string of the molecule is O=C(O)C(=O)O.O=C(c1ccccc1F)N1CCN(S(=O)(=O)c2ccc([N+](=O)[O-])cc2)CC1. The summed E-state index contributed by atoms with van der Waals surface area (Å²) in [5.41, 5.74) is -0.251. The molecule has 0 bridgehead atoms. The third-order valence-electron chi connectivity index (χ3n) is 4.50. The minimum atomic E-state index is -3.83. The van der Waals surface area contributed by atoms with E-state index in [9.17, 15) is 27.7 Å². The Morgan fingerprint density at radius 3 is 1.88 bits per heavy atom. The number of carboxylic acid groups (broad SMARTS) is 2. The zero-order chi connectivity index (χ0) is 24.8. The summed E-state index contributed by atoms with van der Waals surface area (Å²) >= 11 is 0. The van der Waals surface area contributed by atoms with Crippen molar-refractivity contribution in [3.63, 3.8) is 0 Å². The van der Waals surface area contributed by atoms with E-state index in [0.717, 1.165) is 12.1 Å². The maximum absolute atomic E-state index is 13.8. The highest BCUT2D eigenvalue weighted by atomic mass is 32.2. The molecule has 1 aliphatic rings. The first-order valence-corrected chi connectivity index (χ1v) is 10.6. The fraction of sp³-hybridized carbons (Fsp3) is 0.211. The van der Waals surface area contributed by atoms with E-state index in [0.29, 0.717) is 0 Å². The van der Waals surface area contributed by atoms with Gasteiger partial charge < -0.3 is 15.1 Å². The molecule has 176 valence electrons. The summed E-state index contributed by atoms with van der Waals surface area (Å²) in [7, 11) is -3.83. The molecule has 0 unspecified atom stereocenters. The van der Waals surface area contributed by atoms with Gasteiger partial charge in [-0.05, 0) is 24.3 Å². The van der Waals surface area contributed by atoms with Crippen LogP contribution >= 0.6 is 0 Å². The molecule has 2 aromatic carbocycles. The highest BCUT2D eigenvalue weighted by Gasteiger charge is 2.31. The number of nitrogens with zero attached hydrogens (tertiary/aromatic N) is 3. The third kappa shape index (κ3) is 6.30. The van der Waals surface area contributed by atoms with Gasteiger partial charge in [0.05, 0.1) is 15.4 Å². The third-order valence-corrected chi connectivity index (χ3v) is 6.41. The molecule has 0 aromatic heterocycles. The van der Waals surface area contributed by atoms with Crippen LogP contribution in [0.5, 0.6) is 0 Å². The fourth-order valence-electron chi connectivity index (χ4n) is 2.83. The number of piperazine rings is 1. The fourth-order valence-corrected chi connectivity index (χ4v) is 4.25. The molecule has 2 aromatic rings. The number of hydrogen-bond acceptors (Lipinski definition) is 7. The number of carboxylic acids is 2. The Bertz CT molecular complexity index is 1150. The minimum Gasteiger partial charge on any atom is -0.473 e. The maximum Gasteiger partial charge on any atom is 0.414 e. The van der Waals surface area contributed by atoms with E-state index < -0.39 is 38.6 Å². The van der Waals surface area contributed by atoms with Crippen molar-refractivity contribution in [2.75, 3.05) is 26.2 Å².